The Morgan fingerprint density at radius 1 is 1.06 bits per heavy atom. The van der Waals surface area contributed by atoms with Crippen molar-refractivity contribution < 1.29 is 34.5 Å². The van der Waals surface area contributed by atoms with E-state index in [0.29, 0.717) is 11.4 Å². The first-order chi connectivity index (χ1) is 14.7. The van der Waals surface area contributed by atoms with Crippen LogP contribution in [0.1, 0.15) is 45.1 Å². The summed E-state index contributed by atoms with van der Waals surface area (Å²) in [6.45, 7) is 1.93. The lowest BCUT2D eigenvalue weighted by atomic mass is 10.1. The number of nitrogens with zero attached hydrogens (tertiary/aromatic N) is 1. The molecule has 1 unspecified atom stereocenters. The zero-order valence-electron chi connectivity index (χ0n) is 17.1. The van der Waals surface area contributed by atoms with Crippen LogP contribution in [-0.2, 0) is 19.2 Å². The number of aromatic nitrogens is 1. The van der Waals surface area contributed by atoms with Crippen molar-refractivity contribution in [1.29, 1.82) is 0 Å². The quantitative estimate of drug-likeness (QED) is 0.341. The number of carbonyl (C=O) groups is 4. The summed E-state index contributed by atoms with van der Waals surface area (Å²) in [5.74, 6) is -3.81. The molecule has 1 aromatic heterocycles. The van der Waals surface area contributed by atoms with Gasteiger partial charge in [0.2, 0.25) is 5.91 Å². The third kappa shape index (κ3) is 6.74. The van der Waals surface area contributed by atoms with Gasteiger partial charge in [-0.2, -0.15) is 0 Å². The molecule has 0 aliphatic rings. The van der Waals surface area contributed by atoms with E-state index in [1.807, 2.05) is 6.92 Å². The van der Waals surface area contributed by atoms with Crippen molar-refractivity contribution in [2.45, 2.75) is 56.1 Å². The van der Waals surface area contributed by atoms with E-state index in [4.69, 9.17) is 5.11 Å². The minimum absolute atomic E-state index is 0.00746. The molecule has 0 spiro atoms. The number of amides is 1. The van der Waals surface area contributed by atoms with Gasteiger partial charge < -0.3 is 25.2 Å². The molecule has 2 aromatic rings. The molecule has 168 valence electrons. The van der Waals surface area contributed by atoms with Gasteiger partial charge in [-0.25, -0.2) is 9.59 Å². The second-order valence-corrected chi connectivity index (χ2v) is 8.10. The Kier molecular flexibility index (Phi) is 8.92. The molecule has 31 heavy (non-hydrogen) atoms. The van der Waals surface area contributed by atoms with Crippen molar-refractivity contribution in [3.63, 3.8) is 0 Å². The van der Waals surface area contributed by atoms with Crippen LogP contribution in [0.15, 0.2) is 35.5 Å². The van der Waals surface area contributed by atoms with E-state index in [-0.39, 0.29) is 30.9 Å². The van der Waals surface area contributed by atoms with Gasteiger partial charge in [-0.15, -0.1) is 11.8 Å². The number of carboxylic acids is 3. The summed E-state index contributed by atoms with van der Waals surface area (Å²) in [4.78, 5) is 46.5. The van der Waals surface area contributed by atoms with Crippen molar-refractivity contribution in [2.24, 2.45) is 0 Å². The van der Waals surface area contributed by atoms with Crippen LogP contribution in [0.4, 0.5) is 0 Å². The number of aliphatic carboxylic acids is 3. The van der Waals surface area contributed by atoms with Gasteiger partial charge in [0.1, 0.15) is 12.1 Å². The highest BCUT2D eigenvalue weighted by Gasteiger charge is 2.26. The molecule has 0 aliphatic carbocycles. The molecule has 0 saturated heterocycles. The van der Waals surface area contributed by atoms with Gasteiger partial charge in [0.05, 0.1) is 5.03 Å². The Bertz CT molecular complexity index is 956. The molecule has 10 heteroatoms. The van der Waals surface area contributed by atoms with E-state index >= 15 is 0 Å². The van der Waals surface area contributed by atoms with Crippen LogP contribution in [0.2, 0.25) is 0 Å². The van der Waals surface area contributed by atoms with Gasteiger partial charge in [0.15, 0.2) is 0 Å². The van der Waals surface area contributed by atoms with Gasteiger partial charge in [-0.05, 0) is 12.8 Å². The van der Waals surface area contributed by atoms with E-state index in [9.17, 15) is 29.4 Å². The molecule has 0 fully saturated rings. The predicted molar refractivity (Wildman–Crippen MR) is 115 cm³/mol. The lowest BCUT2D eigenvalue weighted by Crippen LogP contribution is -2.42. The lowest BCUT2D eigenvalue weighted by molar-refractivity contribution is -0.142. The Morgan fingerprint density at radius 3 is 2.39 bits per heavy atom. The Balaban J connectivity index is 2.31. The molecular formula is C21H26N2O7S. The maximum absolute atomic E-state index is 12.0. The summed E-state index contributed by atoms with van der Waals surface area (Å²) < 4.78 is 1.48. The number of fused-ring (bicyclic) bond motifs is 1. The Labute approximate surface area is 183 Å². The molecule has 1 heterocycles. The number of thioether (sulfide) groups is 1. The fourth-order valence-corrected chi connectivity index (χ4v) is 4.34. The van der Waals surface area contributed by atoms with Gasteiger partial charge in [0.25, 0.3) is 0 Å². The monoisotopic (exact) mass is 450 g/mol. The third-order valence-electron chi connectivity index (χ3n) is 4.73. The number of rotatable bonds is 13. The van der Waals surface area contributed by atoms with Gasteiger partial charge in [-0.1, -0.05) is 37.6 Å². The van der Waals surface area contributed by atoms with Gasteiger partial charge >= 0.3 is 17.9 Å². The average molecular weight is 451 g/mol. The van der Waals surface area contributed by atoms with Crippen molar-refractivity contribution in [3.05, 3.63) is 30.5 Å². The van der Waals surface area contributed by atoms with E-state index in [1.54, 1.807) is 30.5 Å². The minimum Gasteiger partial charge on any atom is -0.481 e. The van der Waals surface area contributed by atoms with Crippen molar-refractivity contribution in [3.8, 4) is 0 Å². The SMILES string of the molecule is CCCCC(=O)N[C@@H](CSc1c2ccccc2cn1C(CCC(=O)O)C(=O)O)C(=O)O. The largest absolute Gasteiger partial charge is 0.481 e. The number of carboxylic acid groups (broad SMARTS) is 3. The molecule has 0 radical (unpaired) electrons. The molecule has 0 bridgehead atoms. The molecular weight excluding hydrogens is 424 g/mol. The fraction of sp³-hybridized carbons (Fsp3) is 0.429. The summed E-state index contributed by atoms with van der Waals surface area (Å²) >= 11 is 1.12. The Morgan fingerprint density at radius 2 is 1.77 bits per heavy atom. The number of unbranched alkanes of at least 4 members (excludes halogenated alkanes) is 1. The van der Waals surface area contributed by atoms with Gasteiger partial charge in [0, 0.05) is 35.6 Å². The molecule has 9 nitrogen and oxygen atoms in total. The van der Waals surface area contributed by atoms with E-state index in [2.05, 4.69) is 5.32 Å². The van der Waals surface area contributed by atoms with Crippen molar-refractivity contribution in [2.75, 3.05) is 5.75 Å². The molecule has 1 aromatic carbocycles. The number of hydrogen-bond donors (Lipinski definition) is 4. The van der Waals surface area contributed by atoms with Crippen LogP contribution in [0.25, 0.3) is 10.8 Å². The molecule has 1 amide bonds. The topological polar surface area (TPSA) is 146 Å². The highest BCUT2D eigenvalue weighted by Crippen LogP contribution is 2.34. The zero-order valence-corrected chi connectivity index (χ0v) is 17.9. The highest BCUT2D eigenvalue weighted by molar-refractivity contribution is 7.99. The van der Waals surface area contributed by atoms with Crippen LogP contribution >= 0.6 is 11.8 Å². The van der Waals surface area contributed by atoms with Crippen LogP contribution in [-0.4, -0.2) is 55.5 Å². The summed E-state index contributed by atoms with van der Waals surface area (Å²) in [5.41, 5.74) is 0. The average Bonchev–Trinajstić information content (AvgIpc) is 3.07. The van der Waals surface area contributed by atoms with Crippen LogP contribution < -0.4 is 5.32 Å². The second kappa shape index (κ2) is 11.4. The van der Waals surface area contributed by atoms with Crippen molar-refractivity contribution in [1.82, 2.24) is 9.88 Å². The summed E-state index contributed by atoms with van der Waals surface area (Å²) in [5, 5.41) is 32.7. The first kappa shape index (κ1) is 24.3. The maximum atomic E-state index is 12.0. The standard InChI is InChI=1S/C21H26N2O7S/c1-2-3-8-17(24)22-15(20(27)28)12-31-19-14-7-5-4-6-13(14)11-23(19)16(21(29)30)9-10-18(25)26/h4-7,11,15-16H,2-3,8-10,12H2,1H3,(H,22,24)(H,25,26)(H,27,28)(H,29,30)/t15-,16?/m0/s1. The first-order valence-electron chi connectivity index (χ1n) is 9.93. The van der Waals surface area contributed by atoms with Crippen LogP contribution in [0.3, 0.4) is 0 Å². The van der Waals surface area contributed by atoms with E-state index < -0.39 is 30.0 Å². The molecule has 2 rings (SSSR count). The molecule has 0 saturated carbocycles. The second-order valence-electron chi connectivity index (χ2n) is 7.09. The molecule has 2 atom stereocenters. The van der Waals surface area contributed by atoms with E-state index in [0.717, 1.165) is 29.0 Å². The molecule has 0 aliphatic heterocycles. The summed E-state index contributed by atoms with van der Waals surface area (Å²) in [6, 6.07) is 4.91. The smallest absolute Gasteiger partial charge is 0.327 e. The summed E-state index contributed by atoms with van der Waals surface area (Å²) in [6.07, 6.45) is 2.90. The lowest BCUT2D eigenvalue weighted by Gasteiger charge is -2.19. The first-order valence-corrected chi connectivity index (χ1v) is 10.9. The number of carbonyl (C=O) groups excluding carboxylic acids is 1. The van der Waals surface area contributed by atoms with E-state index in [1.165, 1.54) is 4.57 Å². The Hall–Kier alpha value is -3.01. The number of nitrogens with one attached hydrogen (secondary N) is 1. The highest BCUT2D eigenvalue weighted by atomic mass is 32.2. The summed E-state index contributed by atoms with van der Waals surface area (Å²) in [7, 11) is 0. The third-order valence-corrected chi connectivity index (χ3v) is 5.94. The minimum atomic E-state index is -1.18. The maximum Gasteiger partial charge on any atom is 0.327 e. The number of hydrogen-bond acceptors (Lipinski definition) is 5. The van der Waals surface area contributed by atoms with Crippen LogP contribution in [0.5, 0.6) is 0 Å². The van der Waals surface area contributed by atoms with Crippen molar-refractivity contribution >= 4 is 46.3 Å². The normalized spacial score (nSPS) is 12.9. The molecule has 4 N–H and O–H groups in total. The van der Waals surface area contributed by atoms with Gasteiger partial charge in [-0.3, -0.25) is 9.59 Å². The van der Waals surface area contributed by atoms with Crippen LogP contribution in [0, 0.1) is 0 Å². The zero-order chi connectivity index (χ0) is 23.0. The predicted octanol–water partition coefficient (Wildman–Crippen LogP) is 2.98. The fourth-order valence-electron chi connectivity index (χ4n) is 3.12. The number of benzene rings is 1.